The number of carboxylic acids is 1. The summed E-state index contributed by atoms with van der Waals surface area (Å²) in [5, 5.41) is 18.0. The second-order valence-electron chi connectivity index (χ2n) is 5.85. The lowest BCUT2D eigenvalue weighted by molar-refractivity contribution is -0.142. The van der Waals surface area contributed by atoms with Crippen LogP contribution in [-0.2, 0) is 9.59 Å². The number of aliphatic carboxylic acids is 1. The first-order valence-electron chi connectivity index (χ1n) is 7.24. The van der Waals surface area contributed by atoms with Crippen molar-refractivity contribution >= 4 is 11.9 Å². The predicted molar refractivity (Wildman–Crippen MR) is 69.5 cm³/mol. The smallest absolute Gasteiger partial charge is 0.306 e. The molecule has 19 heavy (non-hydrogen) atoms. The van der Waals surface area contributed by atoms with Crippen molar-refractivity contribution in [2.75, 3.05) is 19.7 Å². The van der Waals surface area contributed by atoms with Gasteiger partial charge in [0.2, 0.25) is 5.91 Å². The van der Waals surface area contributed by atoms with Gasteiger partial charge in [0.05, 0.1) is 5.92 Å². The van der Waals surface area contributed by atoms with Gasteiger partial charge in [0.25, 0.3) is 0 Å². The summed E-state index contributed by atoms with van der Waals surface area (Å²) in [7, 11) is 0. The van der Waals surface area contributed by atoms with E-state index in [0.29, 0.717) is 25.2 Å². The summed E-state index contributed by atoms with van der Waals surface area (Å²) in [6.07, 6.45) is 4.65. The van der Waals surface area contributed by atoms with E-state index in [4.69, 9.17) is 10.2 Å². The standard InChI is InChI=1S/C14H23NO4/c16-7-5-10-2-1-6-15(9-10)13(17)11-3-4-12(8-11)14(18)19/h10-12,16H,1-9H2,(H,18,19). The molecule has 2 fully saturated rings. The van der Waals surface area contributed by atoms with Crippen LogP contribution in [0.25, 0.3) is 0 Å². The van der Waals surface area contributed by atoms with Gasteiger partial charge in [-0.2, -0.15) is 0 Å². The highest BCUT2D eigenvalue weighted by molar-refractivity contribution is 5.81. The van der Waals surface area contributed by atoms with Crippen LogP contribution in [0.2, 0.25) is 0 Å². The molecule has 0 radical (unpaired) electrons. The molecule has 2 rings (SSSR count). The molecule has 1 aliphatic carbocycles. The van der Waals surface area contributed by atoms with Crippen LogP contribution >= 0.6 is 0 Å². The summed E-state index contributed by atoms with van der Waals surface area (Å²) >= 11 is 0. The molecule has 1 saturated carbocycles. The van der Waals surface area contributed by atoms with Crippen LogP contribution < -0.4 is 0 Å². The molecular weight excluding hydrogens is 246 g/mol. The number of rotatable bonds is 4. The van der Waals surface area contributed by atoms with Crippen molar-refractivity contribution < 1.29 is 19.8 Å². The fraction of sp³-hybridized carbons (Fsp3) is 0.857. The number of likely N-dealkylation sites (tertiary alicyclic amines) is 1. The van der Waals surface area contributed by atoms with Gasteiger partial charge in [-0.05, 0) is 44.4 Å². The molecule has 1 heterocycles. The Hall–Kier alpha value is -1.10. The van der Waals surface area contributed by atoms with E-state index in [1.807, 2.05) is 4.90 Å². The third-order valence-corrected chi connectivity index (χ3v) is 4.50. The maximum atomic E-state index is 12.4. The van der Waals surface area contributed by atoms with Crippen molar-refractivity contribution in [1.29, 1.82) is 0 Å². The van der Waals surface area contributed by atoms with Crippen LogP contribution in [0.15, 0.2) is 0 Å². The summed E-state index contributed by atoms with van der Waals surface area (Å²) in [5.74, 6) is -0.682. The summed E-state index contributed by atoms with van der Waals surface area (Å²) in [6.45, 7) is 1.69. The van der Waals surface area contributed by atoms with Gasteiger partial charge >= 0.3 is 5.97 Å². The fourth-order valence-electron chi connectivity index (χ4n) is 3.37. The lowest BCUT2D eigenvalue weighted by atomic mass is 9.93. The van der Waals surface area contributed by atoms with Gasteiger partial charge in [0, 0.05) is 25.6 Å². The van der Waals surface area contributed by atoms with E-state index in [-0.39, 0.29) is 24.3 Å². The molecule has 0 spiro atoms. The summed E-state index contributed by atoms with van der Waals surface area (Å²) in [5.41, 5.74) is 0. The minimum atomic E-state index is -0.771. The topological polar surface area (TPSA) is 77.8 Å². The molecule has 2 aliphatic rings. The molecule has 3 atom stereocenters. The van der Waals surface area contributed by atoms with Crippen LogP contribution in [0.5, 0.6) is 0 Å². The van der Waals surface area contributed by atoms with E-state index in [1.54, 1.807) is 0 Å². The average Bonchev–Trinajstić information content (AvgIpc) is 2.88. The molecular formula is C14H23NO4. The lowest BCUT2D eigenvalue weighted by Gasteiger charge is -2.34. The number of carboxylic acid groups (broad SMARTS) is 1. The summed E-state index contributed by atoms with van der Waals surface area (Å²) in [6, 6.07) is 0. The van der Waals surface area contributed by atoms with Crippen molar-refractivity contribution in [1.82, 2.24) is 4.90 Å². The highest BCUT2D eigenvalue weighted by Gasteiger charge is 2.36. The zero-order chi connectivity index (χ0) is 13.8. The van der Waals surface area contributed by atoms with Crippen molar-refractivity contribution in [2.45, 2.75) is 38.5 Å². The fourth-order valence-corrected chi connectivity index (χ4v) is 3.37. The van der Waals surface area contributed by atoms with Gasteiger partial charge in [0.1, 0.15) is 0 Å². The molecule has 0 aromatic rings. The quantitative estimate of drug-likeness (QED) is 0.801. The number of aliphatic hydroxyl groups is 1. The Morgan fingerprint density at radius 1 is 1.16 bits per heavy atom. The molecule has 0 bridgehead atoms. The molecule has 5 heteroatoms. The van der Waals surface area contributed by atoms with Gasteiger partial charge < -0.3 is 15.1 Å². The highest BCUT2D eigenvalue weighted by atomic mass is 16.4. The molecule has 3 unspecified atom stereocenters. The van der Waals surface area contributed by atoms with Crippen molar-refractivity contribution in [3.63, 3.8) is 0 Å². The first-order valence-corrected chi connectivity index (χ1v) is 7.24. The number of amides is 1. The highest BCUT2D eigenvalue weighted by Crippen LogP contribution is 2.33. The third-order valence-electron chi connectivity index (χ3n) is 4.50. The third kappa shape index (κ3) is 3.47. The summed E-state index contributed by atoms with van der Waals surface area (Å²) < 4.78 is 0. The number of carbonyl (C=O) groups is 2. The average molecular weight is 269 g/mol. The van der Waals surface area contributed by atoms with Crippen LogP contribution in [0, 0.1) is 17.8 Å². The number of hydrogen-bond donors (Lipinski definition) is 2. The number of carbonyl (C=O) groups excluding carboxylic acids is 1. The molecule has 0 aromatic heterocycles. The molecule has 5 nitrogen and oxygen atoms in total. The Labute approximate surface area is 113 Å². The van der Waals surface area contributed by atoms with E-state index in [9.17, 15) is 9.59 Å². The zero-order valence-electron chi connectivity index (χ0n) is 11.3. The molecule has 0 aromatic carbocycles. The van der Waals surface area contributed by atoms with E-state index in [2.05, 4.69) is 0 Å². The second-order valence-corrected chi connectivity index (χ2v) is 5.85. The van der Waals surface area contributed by atoms with Crippen LogP contribution in [0.1, 0.15) is 38.5 Å². The lowest BCUT2D eigenvalue weighted by Crippen LogP contribution is -2.42. The van der Waals surface area contributed by atoms with E-state index in [0.717, 1.165) is 32.4 Å². The molecule has 1 saturated heterocycles. The molecule has 1 aliphatic heterocycles. The first-order chi connectivity index (χ1) is 9.11. The largest absolute Gasteiger partial charge is 0.481 e. The van der Waals surface area contributed by atoms with E-state index in [1.165, 1.54) is 0 Å². The zero-order valence-corrected chi connectivity index (χ0v) is 11.3. The van der Waals surface area contributed by atoms with Crippen LogP contribution in [0.3, 0.4) is 0 Å². The predicted octanol–water partition coefficient (Wildman–Crippen LogP) is 1.11. The SMILES string of the molecule is O=C(O)C1CCC(C(=O)N2CCCC(CCO)C2)C1. The van der Waals surface area contributed by atoms with Gasteiger partial charge in [-0.3, -0.25) is 9.59 Å². The van der Waals surface area contributed by atoms with Crippen LogP contribution in [-0.4, -0.2) is 46.7 Å². The van der Waals surface area contributed by atoms with Crippen LogP contribution in [0.4, 0.5) is 0 Å². The van der Waals surface area contributed by atoms with E-state index >= 15 is 0 Å². The Balaban J connectivity index is 1.87. The van der Waals surface area contributed by atoms with Crippen molar-refractivity contribution in [3.8, 4) is 0 Å². The van der Waals surface area contributed by atoms with Crippen molar-refractivity contribution in [3.05, 3.63) is 0 Å². The molecule has 108 valence electrons. The Bertz CT molecular complexity index is 342. The number of nitrogens with zero attached hydrogens (tertiary/aromatic N) is 1. The number of piperidine rings is 1. The number of aliphatic hydroxyl groups excluding tert-OH is 1. The van der Waals surface area contributed by atoms with Gasteiger partial charge in [-0.15, -0.1) is 0 Å². The summed E-state index contributed by atoms with van der Waals surface area (Å²) in [4.78, 5) is 25.2. The monoisotopic (exact) mass is 269 g/mol. The maximum absolute atomic E-state index is 12.4. The normalized spacial score (nSPS) is 31.4. The van der Waals surface area contributed by atoms with E-state index < -0.39 is 5.97 Å². The Morgan fingerprint density at radius 2 is 1.89 bits per heavy atom. The van der Waals surface area contributed by atoms with Crippen molar-refractivity contribution in [2.24, 2.45) is 17.8 Å². The van der Waals surface area contributed by atoms with Gasteiger partial charge in [-0.1, -0.05) is 0 Å². The minimum Gasteiger partial charge on any atom is -0.481 e. The second kappa shape index (κ2) is 6.37. The minimum absolute atomic E-state index is 0.103. The first kappa shape index (κ1) is 14.3. The molecule has 2 N–H and O–H groups in total. The Morgan fingerprint density at radius 3 is 2.53 bits per heavy atom. The molecule has 1 amide bonds. The maximum Gasteiger partial charge on any atom is 0.306 e. The van der Waals surface area contributed by atoms with Gasteiger partial charge in [0.15, 0.2) is 0 Å². The number of hydrogen-bond acceptors (Lipinski definition) is 3. The van der Waals surface area contributed by atoms with Gasteiger partial charge in [-0.25, -0.2) is 0 Å². The Kier molecular flexibility index (Phi) is 4.80.